The molecule has 0 saturated carbocycles. The number of para-hydroxylation sites is 1. The molecule has 1 aromatic carbocycles. The lowest BCUT2D eigenvalue weighted by Gasteiger charge is -2.20. The lowest BCUT2D eigenvalue weighted by atomic mass is 10.2. The number of hydrogen-bond donors (Lipinski definition) is 0. The van der Waals surface area contributed by atoms with Crippen LogP contribution in [0, 0.1) is 0 Å². The zero-order valence-electron chi connectivity index (χ0n) is 9.60. The van der Waals surface area contributed by atoms with Gasteiger partial charge in [-0.1, -0.05) is 28.1 Å². The van der Waals surface area contributed by atoms with E-state index in [1.807, 2.05) is 11.3 Å². The van der Waals surface area contributed by atoms with Crippen molar-refractivity contribution in [3.8, 4) is 0 Å². The summed E-state index contributed by atoms with van der Waals surface area (Å²) in [6.45, 7) is 2.22. The largest absolute Gasteiger partial charge is 0.293 e. The number of aromatic nitrogens is 1. The van der Waals surface area contributed by atoms with Crippen LogP contribution in [0.1, 0.15) is 17.8 Å². The maximum atomic E-state index is 4.71. The molecule has 1 unspecified atom stereocenters. The van der Waals surface area contributed by atoms with Gasteiger partial charge in [-0.25, -0.2) is 4.98 Å². The molecule has 0 amide bonds. The number of thiazole rings is 1. The third-order valence-corrected chi connectivity index (χ3v) is 5.12. The molecule has 0 spiro atoms. The monoisotopic (exact) mass is 310 g/mol. The number of rotatable bonds is 3. The van der Waals surface area contributed by atoms with E-state index in [2.05, 4.69) is 45.1 Å². The van der Waals surface area contributed by atoms with Crippen LogP contribution in [0.25, 0.3) is 10.2 Å². The van der Waals surface area contributed by atoms with Gasteiger partial charge in [-0.2, -0.15) is 0 Å². The smallest absolute Gasteiger partial charge is 0.108 e. The molecule has 2 aromatic rings. The lowest BCUT2D eigenvalue weighted by Crippen LogP contribution is -2.29. The molecular formula is C13H15BrN2S. The summed E-state index contributed by atoms with van der Waals surface area (Å²) in [5, 5.41) is 2.33. The maximum absolute atomic E-state index is 4.71. The van der Waals surface area contributed by atoms with Crippen molar-refractivity contribution in [3.63, 3.8) is 0 Å². The van der Waals surface area contributed by atoms with Gasteiger partial charge >= 0.3 is 0 Å². The number of nitrogens with zero attached hydrogens (tertiary/aromatic N) is 2. The van der Waals surface area contributed by atoms with Crippen molar-refractivity contribution in [2.75, 3.05) is 11.9 Å². The van der Waals surface area contributed by atoms with Gasteiger partial charge in [0.05, 0.1) is 16.8 Å². The molecule has 4 heteroatoms. The van der Waals surface area contributed by atoms with Gasteiger partial charge < -0.3 is 0 Å². The van der Waals surface area contributed by atoms with Crippen LogP contribution in [0.4, 0.5) is 0 Å². The molecule has 0 radical (unpaired) electrons. The van der Waals surface area contributed by atoms with Crippen molar-refractivity contribution in [3.05, 3.63) is 29.3 Å². The van der Waals surface area contributed by atoms with Gasteiger partial charge in [0.25, 0.3) is 0 Å². The van der Waals surface area contributed by atoms with Crippen LogP contribution in [0.2, 0.25) is 0 Å². The molecule has 0 bridgehead atoms. The first-order valence-corrected chi connectivity index (χ1v) is 7.95. The lowest BCUT2D eigenvalue weighted by molar-refractivity contribution is 0.265. The molecule has 1 saturated heterocycles. The summed E-state index contributed by atoms with van der Waals surface area (Å²) in [4.78, 5) is 7.25. The van der Waals surface area contributed by atoms with E-state index in [1.165, 1.54) is 29.1 Å². The molecule has 1 aromatic heterocycles. The quantitative estimate of drug-likeness (QED) is 0.804. The average Bonchev–Trinajstić information content (AvgIpc) is 2.94. The Balaban J connectivity index is 1.80. The molecule has 1 fully saturated rings. The third kappa shape index (κ3) is 2.39. The fourth-order valence-electron chi connectivity index (χ4n) is 2.44. The third-order valence-electron chi connectivity index (χ3n) is 3.35. The van der Waals surface area contributed by atoms with E-state index in [-0.39, 0.29) is 0 Å². The molecular weight excluding hydrogens is 296 g/mol. The molecule has 0 N–H and O–H groups in total. The summed E-state index contributed by atoms with van der Waals surface area (Å²) < 4.78 is 1.30. The SMILES string of the molecule is BrCC1CCCN1Cc1nc2ccccc2s1. The number of benzene rings is 1. The minimum atomic E-state index is 0.696. The zero-order valence-corrected chi connectivity index (χ0v) is 12.0. The Morgan fingerprint density at radius 2 is 2.29 bits per heavy atom. The second-order valence-electron chi connectivity index (χ2n) is 4.50. The van der Waals surface area contributed by atoms with Crippen LogP contribution in [0.15, 0.2) is 24.3 Å². The molecule has 1 aliphatic rings. The van der Waals surface area contributed by atoms with E-state index in [1.54, 1.807) is 0 Å². The minimum Gasteiger partial charge on any atom is -0.293 e. The van der Waals surface area contributed by atoms with Crippen molar-refractivity contribution >= 4 is 37.5 Å². The van der Waals surface area contributed by atoms with Gasteiger partial charge in [0.15, 0.2) is 0 Å². The Kier molecular flexibility index (Phi) is 3.45. The zero-order chi connectivity index (χ0) is 11.7. The number of halogens is 1. The van der Waals surface area contributed by atoms with Gasteiger partial charge in [0.2, 0.25) is 0 Å². The number of hydrogen-bond acceptors (Lipinski definition) is 3. The summed E-state index contributed by atoms with van der Waals surface area (Å²) in [5.41, 5.74) is 1.14. The molecule has 90 valence electrons. The molecule has 0 aliphatic carbocycles. The topological polar surface area (TPSA) is 16.1 Å². The van der Waals surface area contributed by atoms with Crippen molar-refractivity contribution in [2.45, 2.75) is 25.4 Å². The van der Waals surface area contributed by atoms with Crippen molar-refractivity contribution < 1.29 is 0 Å². The standard InChI is InChI=1S/C13H15BrN2S/c14-8-10-4-3-7-16(10)9-13-15-11-5-1-2-6-12(11)17-13/h1-2,5-6,10H,3-4,7-9H2. The Morgan fingerprint density at radius 1 is 1.41 bits per heavy atom. The second-order valence-corrected chi connectivity index (χ2v) is 6.26. The molecule has 2 nitrogen and oxygen atoms in total. The van der Waals surface area contributed by atoms with Crippen LogP contribution >= 0.6 is 27.3 Å². The Morgan fingerprint density at radius 3 is 3.12 bits per heavy atom. The van der Waals surface area contributed by atoms with Crippen LogP contribution in [-0.2, 0) is 6.54 Å². The van der Waals surface area contributed by atoms with E-state index in [0.29, 0.717) is 6.04 Å². The molecule has 1 atom stereocenters. The van der Waals surface area contributed by atoms with E-state index < -0.39 is 0 Å². The fourth-order valence-corrected chi connectivity index (χ4v) is 4.17. The highest BCUT2D eigenvalue weighted by molar-refractivity contribution is 9.09. The first-order chi connectivity index (χ1) is 8.36. The highest BCUT2D eigenvalue weighted by Crippen LogP contribution is 2.26. The van der Waals surface area contributed by atoms with Gasteiger partial charge in [-0.3, -0.25) is 4.90 Å². The Bertz CT molecular complexity index is 478. The number of fused-ring (bicyclic) bond motifs is 1. The van der Waals surface area contributed by atoms with E-state index >= 15 is 0 Å². The van der Waals surface area contributed by atoms with Crippen LogP contribution in [-0.4, -0.2) is 27.8 Å². The summed E-state index contributed by atoms with van der Waals surface area (Å²) in [6, 6.07) is 9.09. The van der Waals surface area contributed by atoms with Crippen LogP contribution in [0.3, 0.4) is 0 Å². The van der Waals surface area contributed by atoms with Crippen molar-refractivity contribution in [1.29, 1.82) is 0 Å². The van der Waals surface area contributed by atoms with Gasteiger partial charge in [0, 0.05) is 11.4 Å². The maximum Gasteiger partial charge on any atom is 0.108 e. The molecule has 3 rings (SSSR count). The van der Waals surface area contributed by atoms with E-state index in [4.69, 9.17) is 4.98 Å². The van der Waals surface area contributed by atoms with Gasteiger partial charge in [0.1, 0.15) is 5.01 Å². The minimum absolute atomic E-state index is 0.696. The van der Waals surface area contributed by atoms with Crippen molar-refractivity contribution in [1.82, 2.24) is 9.88 Å². The van der Waals surface area contributed by atoms with E-state index in [0.717, 1.165) is 17.4 Å². The van der Waals surface area contributed by atoms with Gasteiger partial charge in [-0.05, 0) is 31.5 Å². The number of alkyl halides is 1. The predicted octanol–water partition coefficient (Wildman–Crippen LogP) is 3.66. The second kappa shape index (κ2) is 5.04. The first-order valence-electron chi connectivity index (χ1n) is 6.01. The Labute approximate surface area is 114 Å². The molecule has 2 heterocycles. The average molecular weight is 311 g/mol. The summed E-state index contributed by atoms with van der Waals surface area (Å²) in [6.07, 6.45) is 2.64. The first kappa shape index (κ1) is 11.6. The van der Waals surface area contributed by atoms with Crippen LogP contribution < -0.4 is 0 Å². The predicted molar refractivity (Wildman–Crippen MR) is 76.8 cm³/mol. The molecule has 1 aliphatic heterocycles. The summed E-state index contributed by atoms with van der Waals surface area (Å²) in [7, 11) is 0. The summed E-state index contributed by atoms with van der Waals surface area (Å²) >= 11 is 5.43. The normalized spacial score (nSPS) is 21.4. The van der Waals surface area contributed by atoms with Crippen LogP contribution in [0.5, 0.6) is 0 Å². The summed E-state index contributed by atoms with van der Waals surface area (Å²) in [5.74, 6) is 0. The fraction of sp³-hybridized carbons (Fsp3) is 0.462. The van der Waals surface area contributed by atoms with E-state index in [9.17, 15) is 0 Å². The van der Waals surface area contributed by atoms with Gasteiger partial charge in [-0.15, -0.1) is 11.3 Å². The highest BCUT2D eigenvalue weighted by Gasteiger charge is 2.24. The van der Waals surface area contributed by atoms with Crippen molar-refractivity contribution in [2.24, 2.45) is 0 Å². The molecule has 17 heavy (non-hydrogen) atoms. The highest BCUT2D eigenvalue weighted by atomic mass is 79.9. The Hall–Kier alpha value is -0.450. The number of likely N-dealkylation sites (tertiary alicyclic amines) is 1.